The first-order valence-corrected chi connectivity index (χ1v) is 10.1. The maximum atomic E-state index is 12.9. The number of benzene rings is 2. The summed E-state index contributed by atoms with van der Waals surface area (Å²) in [6, 6.07) is 10.1. The van der Waals surface area contributed by atoms with E-state index in [9.17, 15) is 17.6 Å². The Balaban J connectivity index is 1.70. The second kappa shape index (κ2) is 7.83. The molecule has 3 rings (SSSR count). The number of carbonyl (C=O) groups excluding carboxylic acids is 1. The summed E-state index contributed by atoms with van der Waals surface area (Å²) < 4.78 is 49.3. The van der Waals surface area contributed by atoms with E-state index < -0.39 is 15.8 Å². The van der Waals surface area contributed by atoms with E-state index >= 15 is 0 Å². The van der Waals surface area contributed by atoms with Crippen LogP contribution in [0.3, 0.4) is 0 Å². The predicted octanol–water partition coefficient (Wildman–Crippen LogP) is 2.39. The number of carbonyl (C=O) groups is 1. The molecular weight excluding hydrogens is 375 g/mol. The topological polar surface area (TPSA) is 84.9 Å². The molecule has 0 saturated carbocycles. The molecule has 1 amide bonds. The monoisotopic (exact) mass is 394 g/mol. The van der Waals surface area contributed by atoms with Crippen LogP contribution in [0.1, 0.15) is 6.42 Å². The lowest BCUT2D eigenvalue weighted by Crippen LogP contribution is -2.33. The number of ether oxygens (including phenoxy) is 2. The highest BCUT2D eigenvalue weighted by atomic mass is 32.2. The lowest BCUT2D eigenvalue weighted by Gasteiger charge is -2.25. The highest BCUT2D eigenvalue weighted by Gasteiger charge is 2.21. The van der Waals surface area contributed by atoms with Gasteiger partial charge in [0.15, 0.2) is 11.5 Å². The minimum absolute atomic E-state index is 0.0501. The first kappa shape index (κ1) is 19.0. The summed E-state index contributed by atoms with van der Waals surface area (Å²) in [7, 11) is -3.61. The van der Waals surface area contributed by atoms with Gasteiger partial charge < -0.3 is 14.8 Å². The highest BCUT2D eigenvalue weighted by Crippen LogP contribution is 2.34. The Morgan fingerprint density at radius 3 is 2.44 bits per heavy atom. The Hall–Kier alpha value is -2.81. The van der Waals surface area contributed by atoms with Crippen molar-refractivity contribution >= 4 is 27.3 Å². The van der Waals surface area contributed by atoms with Crippen molar-refractivity contribution in [3.05, 3.63) is 48.3 Å². The molecule has 27 heavy (non-hydrogen) atoms. The molecule has 144 valence electrons. The van der Waals surface area contributed by atoms with Crippen molar-refractivity contribution in [1.29, 1.82) is 0 Å². The van der Waals surface area contributed by atoms with Crippen molar-refractivity contribution in [2.24, 2.45) is 0 Å². The van der Waals surface area contributed by atoms with Gasteiger partial charge >= 0.3 is 0 Å². The van der Waals surface area contributed by atoms with Crippen molar-refractivity contribution in [3.8, 4) is 11.5 Å². The number of rotatable bonds is 6. The van der Waals surface area contributed by atoms with E-state index in [1.807, 2.05) is 0 Å². The summed E-state index contributed by atoms with van der Waals surface area (Å²) >= 11 is 0. The number of nitrogens with zero attached hydrogens (tertiary/aromatic N) is 1. The zero-order valence-corrected chi connectivity index (χ0v) is 15.5. The number of anilines is 2. The Morgan fingerprint density at radius 1 is 1.11 bits per heavy atom. The smallest absolute Gasteiger partial charge is 0.232 e. The van der Waals surface area contributed by atoms with E-state index in [0.29, 0.717) is 36.1 Å². The molecule has 2 aromatic carbocycles. The number of amides is 1. The summed E-state index contributed by atoms with van der Waals surface area (Å²) in [5.41, 5.74) is 0.822. The number of nitrogens with one attached hydrogen (secondary N) is 1. The minimum Gasteiger partial charge on any atom is -0.486 e. The first-order valence-electron chi connectivity index (χ1n) is 8.26. The number of hydrogen-bond donors (Lipinski definition) is 1. The number of sulfonamides is 1. The molecule has 2 aromatic rings. The zero-order chi connectivity index (χ0) is 19.4. The van der Waals surface area contributed by atoms with E-state index in [-0.39, 0.29) is 18.9 Å². The Bertz CT molecular complexity index is 931. The third kappa shape index (κ3) is 4.88. The lowest BCUT2D eigenvalue weighted by atomic mass is 10.2. The molecule has 1 heterocycles. The zero-order valence-electron chi connectivity index (χ0n) is 14.6. The quantitative estimate of drug-likeness (QED) is 0.813. The molecular formula is C18H19FN2O5S. The number of fused-ring (bicyclic) bond motifs is 1. The molecule has 0 saturated heterocycles. The summed E-state index contributed by atoms with van der Waals surface area (Å²) in [6.07, 6.45) is 1.00. The van der Waals surface area contributed by atoms with Gasteiger partial charge in [-0.25, -0.2) is 12.8 Å². The van der Waals surface area contributed by atoms with Crippen LogP contribution in [0.2, 0.25) is 0 Å². The largest absolute Gasteiger partial charge is 0.486 e. The average molecular weight is 394 g/mol. The van der Waals surface area contributed by atoms with Crippen molar-refractivity contribution in [2.45, 2.75) is 6.42 Å². The molecule has 0 bridgehead atoms. The third-order valence-corrected chi connectivity index (χ3v) is 5.08. The number of hydrogen-bond acceptors (Lipinski definition) is 5. The van der Waals surface area contributed by atoms with Crippen LogP contribution in [-0.2, 0) is 14.8 Å². The lowest BCUT2D eigenvalue weighted by molar-refractivity contribution is -0.116. The van der Waals surface area contributed by atoms with E-state index in [1.54, 1.807) is 18.2 Å². The second-order valence-electron chi connectivity index (χ2n) is 5.97. The van der Waals surface area contributed by atoms with Crippen molar-refractivity contribution in [3.63, 3.8) is 0 Å². The normalized spacial score (nSPS) is 13.1. The predicted molar refractivity (Wildman–Crippen MR) is 99.3 cm³/mol. The van der Waals surface area contributed by atoms with Gasteiger partial charge in [-0.15, -0.1) is 0 Å². The van der Waals surface area contributed by atoms with Gasteiger partial charge in [-0.2, -0.15) is 0 Å². The minimum atomic E-state index is -3.61. The maximum absolute atomic E-state index is 12.9. The molecule has 0 fully saturated rings. The van der Waals surface area contributed by atoms with Crippen LogP contribution in [0.5, 0.6) is 11.5 Å². The fourth-order valence-electron chi connectivity index (χ4n) is 2.63. The number of halogens is 1. The second-order valence-corrected chi connectivity index (χ2v) is 7.87. The molecule has 0 aromatic heterocycles. The van der Waals surface area contributed by atoms with E-state index in [1.165, 1.54) is 24.3 Å². The summed E-state index contributed by atoms with van der Waals surface area (Å²) in [4.78, 5) is 12.1. The van der Waals surface area contributed by atoms with E-state index in [0.717, 1.165) is 10.6 Å². The Kier molecular flexibility index (Phi) is 5.50. The van der Waals surface area contributed by atoms with Crippen LogP contribution in [0.4, 0.5) is 15.8 Å². The van der Waals surface area contributed by atoms with Crippen LogP contribution < -0.4 is 19.1 Å². The fourth-order valence-corrected chi connectivity index (χ4v) is 3.55. The maximum Gasteiger partial charge on any atom is 0.232 e. The molecule has 0 radical (unpaired) electrons. The van der Waals surface area contributed by atoms with Gasteiger partial charge in [0.25, 0.3) is 0 Å². The summed E-state index contributed by atoms with van der Waals surface area (Å²) in [5.74, 6) is 0.221. The van der Waals surface area contributed by atoms with Gasteiger partial charge in [-0.3, -0.25) is 9.10 Å². The van der Waals surface area contributed by atoms with Crippen LogP contribution in [0.15, 0.2) is 42.5 Å². The first-order chi connectivity index (χ1) is 12.8. The molecule has 9 heteroatoms. The highest BCUT2D eigenvalue weighted by molar-refractivity contribution is 7.92. The van der Waals surface area contributed by atoms with Crippen molar-refractivity contribution in [2.75, 3.05) is 35.6 Å². The average Bonchev–Trinajstić information content (AvgIpc) is 2.62. The van der Waals surface area contributed by atoms with Gasteiger partial charge in [0.2, 0.25) is 15.9 Å². The van der Waals surface area contributed by atoms with Gasteiger partial charge in [0, 0.05) is 24.7 Å². The van der Waals surface area contributed by atoms with Crippen LogP contribution in [0, 0.1) is 5.82 Å². The molecule has 7 nitrogen and oxygen atoms in total. The van der Waals surface area contributed by atoms with Crippen molar-refractivity contribution in [1.82, 2.24) is 0 Å². The van der Waals surface area contributed by atoms with Crippen molar-refractivity contribution < 1.29 is 27.1 Å². The molecule has 1 N–H and O–H groups in total. The standard InChI is InChI=1S/C18H19FN2O5S/c1-27(23,24)21(15-6-7-16-17(12-15)26-11-10-25-16)9-8-18(22)20-14-4-2-13(19)3-5-14/h2-7,12H,8-11H2,1H3,(H,20,22). The van der Waals surface area contributed by atoms with Gasteiger partial charge in [0.1, 0.15) is 19.0 Å². The molecule has 0 aliphatic carbocycles. The molecule has 0 spiro atoms. The van der Waals surface area contributed by atoms with Gasteiger partial charge in [-0.1, -0.05) is 0 Å². The SMILES string of the molecule is CS(=O)(=O)N(CCC(=O)Nc1ccc(F)cc1)c1ccc2c(c1)OCCO2. The molecule has 1 aliphatic heterocycles. The summed E-state index contributed by atoms with van der Waals surface area (Å²) in [6.45, 7) is 0.770. The molecule has 1 aliphatic rings. The van der Waals surface area contributed by atoms with Gasteiger partial charge in [-0.05, 0) is 36.4 Å². The van der Waals surface area contributed by atoms with Crippen LogP contribution in [0.25, 0.3) is 0 Å². The Labute approximate surface area is 156 Å². The Morgan fingerprint density at radius 2 is 1.78 bits per heavy atom. The van der Waals surface area contributed by atoms with E-state index in [4.69, 9.17) is 9.47 Å². The fraction of sp³-hybridized carbons (Fsp3) is 0.278. The molecule has 0 atom stereocenters. The van der Waals surface area contributed by atoms with Gasteiger partial charge in [0.05, 0.1) is 11.9 Å². The van der Waals surface area contributed by atoms with Crippen LogP contribution >= 0.6 is 0 Å². The third-order valence-electron chi connectivity index (χ3n) is 3.88. The van der Waals surface area contributed by atoms with E-state index in [2.05, 4.69) is 5.32 Å². The molecule has 0 unspecified atom stereocenters. The summed E-state index contributed by atoms with van der Waals surface area (Å²) in [5, 5.41) is 2.61. The van der Waals surface area contributed by atoms with Crippen LogP contribution in [-0.4, -0.2) is 40.3 Å².